The molecule has 4 rings (SSSR count). The molecule has 1 heterocycles. The summed E-state index contributed by atoms with van der Waals surface area (Å²) in [6.07, 6.45) is 0.754. The summed E-state index contributed by atoms with van der Waals surface area (Å²) >= 11 is 3.52. The summed E-state index contributed by atoms with van der Waals surface area (Å²) in [5, 5.41) is 8.90. The second kappa shape index (κ2) is 12.3. The van der Waals surface area contributed by atoms with Gasteiger partial charge in [0.05, 0.1) is 6.61 Å². The van der Waals surface area contributed by atoms with E-state index in [9.17, 15) is 13.6 Å². The number of hydrazine groups is 1. The molecule has 194 valence electrons. The molecule has 0 bridgehead atoms. The Hall–Kier alpha value is -3.34. The van der Waals surface area contributed by atoms with Crippen LogP contribution in [0.15, 0.2) is 76.2 Å². The van der Waals surface area contributed by atoms with Crippen molar-refractivity contribution in [3.05, 3.63) is 99.5 Å². The van der Waals surface area contributed by atoms with Crippen LogP contribution >= 0.6 is 15.9 Å². The van der Waals surface area contributed by atoms with Crippen LogP contribution in [-0.2, 0) is 22.5 Å². The van der Waals surface area contributed by atoms with Gasteiger partial charge in [0.2, 0.25) is 5.90 Å². The van der Waals surface area contributed by atoms with E-state index in [1.165, 1.54) is 6.07 Å². The molecule has 7 nitrogen and oxygen atoms in total. The number of carbonyl (C=O) groups excluding carboxylic acids is 1. The summed E-state index contributed by atoms with van der Waals surface area (Å²) in [4.78, 5) is 18.1. The van der Waals surface area contributed by atoms with Crippen molar-refractivity contribution >= 4 is 27.7 Å². The minimum Gasteiger partial charge on any atom is -0.494 e. The van der Waals surface area contributed by atoms with E-state index in [0.717, 1.165) is 22.2 Å². The molecular weight excluding hydrogens is 548 g/mol. The summed E-state index contributed by atoms with van der Waals surface area (Å²) < 4.78 is 40.2. The van der Waals surface area contributed by atoms with Crippen molar-refractivity contribution in [2.45, 2.75) is 24.9 Å². The lowest BCUT2D eigenvalue weighted by molar-refractivity contribution is -0.127. The first-order valence-electron chi connectivity index (χ1n) is 11.7. The number of benzene rings is 3. The first kappa shape index (κ1) is 26.7. The largest absolute Gasteiger partial charge is 0.494 e. The highest BCUT2D eigenvalue weighted by molar-refractivity contribution is 9.10. The van der Waals surface area contributed by atoms with Gasteiger partial charge in [0.25, 0.3) is 5.91 Å². The van der Waals surface area contributed by atoms with Crippen LogP contribution in [0.25, 0.3) is 0 Å². The van der Waals surface area contributed by atoms with Crippen LogP contribution in [0.3, 0.4) is 0 Å². The van der Waals surface area contributed by atoms with E-state index in [4.69, 9.17) is 19.6 Å². The van der Waals surface area contributed by atoms with Gasteiger partial charge in [0.1, 0.15) is 24.0 Å². The molecule has 0 aromatic heterocycles. The minimum atomic E-state index is -1.32. The quantitative estimate of drug-likeness (QED) is 0.237. The molecule has 0 fully saturated rings. The SMILES string of the molecule is O=C(NNCc1c(F)cccc1F)[C@]1(Cc2ccccc2Br)COC(c2ccc(OCCCO)cc2)=N1. The number of halogens is 3. The average molecular weight is 574 g/mol. The van der Waals surface area contributed by atoms with Crippen LogP contribution in [-0.4, -0.2) is 42.3 Å². The maximum atomic E-state index is 14.0. The van der Waals surface area contributed by atoms with E-state index in [1.807, 2.05) is 24.3 Å². The normalized spacial score (nSPS) is 16.7. The Labute approximate surface area is 221 Å². The molecule has 0 radical (unpaired) electrons. The smallest absolute Gasteiger partial charge is 0.266 e. The van der Waals surface area contributed by atoms with Gasteiger partial charge in [-0.1, -0.05) is 40.2 Å². The van der Waals surface area contributed by atoms with E-state index >= 15 is 0 Å². The summed E-state index contributed by atoms with van der Waals surface area (Å²) in [7, 11) is 0. The average Bonchev–Trinajstić information content (AvgIpc) is 3.33. The van der Waals surface area contributed by atoms with E-state index in [-0.39, 0.29) is 31.7 Å². The monoisotopic (exact) mass is 573 g/mol. The molecule has 0 unspecified atom stereocenters. The number of aliphatic imine (C=N–C) groups is 1. The van der Waals surface area contributed by atoms with Gasteiger partial charge in [0.15, 0.2) is 5.54 Å². The Morgan fingerprint density at radius 1 is 1.08 bits per heavy atom. The predicted octanol–water partition coefficient (Wildman–Crippen LogP) is 4.07. The van der Waals surface area contributed by atoms with Crippen LogP contribution in [0.5, 0.6) is 5.75 Å². The van der Waals surface area contributed by atoms with Gasteiger partial charge in [-0.05, 0) is 48.0 Å². The third-order valence-corrected chi connectivity index (χ3v) is 6.60. The number of nitrogens with zero attached hydrogens (tertiary/aromatic N) is 1. The van der Waals surface area contributed by atoms with Gasteiger partial charge in [-0.25, -0.2) is 19.2 Å². The molecule has 37 heavy (non-hydrogen) atoms. The number of aliphatic hydroxyl groups excluding tert-OH is 1. The lowest BCUT2D eigenvalue weighted by atomic mass is 9.91. The Kier molecular flexibility index (Phi) is 8.86. The number of hydrogen-bond acceptors (Lipinski definition) is 6. The van der Waals surface area contributed by atoms with Crippen molar-refractivity contribution < 1.29 is 28.2 Å². The van der Waals surface area contributed by atoms with Crippen LogP contribution in [0.4, 0.5) is 8.78 Å². The summed E-state index contributed by atoms with van der Waals surface area (Å²) in [5.74, 6) is -0.989. The van der Waals surface area contributed by atoms with E-state index in [0.29, 0.717) is 30.2 Å². The van der Waals surface area contributed by atoms with Crippen LogP contribution in [0.1, 0.15) is 23.1 Å². The molecule has 0 aliphatic carbocycles. The molecule has 1 amide bonds. The lowest BCUT2D eigenvalue weighted by Crippen LogP contribution is -2.52. The number of nitrogens with one attached hydrogen (secondary N) is 2. The molecule has 1 aliphatic rings. The number of ether oxygens (including phenoxy) is 2. The maximum absolute atomic E-state index is 14.0. The fourth-order valence-corrected chi connectivity index (χ4v) is 4.24. The minimum absolute atomic E-state index is 0.0278. The van der Waals surface area contributed by atoms with Gasteiger partial charge in [0, 0.05) is 41.6 Å². The number of amides is 1. The highest BCUT2D eigenvalue weighted by Gasteiger charge is 2.45. The van der Waals surface area contributed by atoms with Crippen molar-refractivity contribution in [3.63, 3.8) is 0 Å². The van der Waals surface area contributed by atoms with Gasteiger partial charge >= 0.3 is 0 Å². The predicted molar refractivity (Wildman–Crippen MR) is 138 cm³/mol. The van der Waals surface area contributed by atoms with Crippen LogP contribution in [0, 0.1) is 11.6 Å². The van der Waals surface area contributed by atoms with Crippen molar-refractivity contribution in [3.8, 4) is 5.75 Å². The number of aliphatic hydroxyl groups is 1. The summed E-state index contributed by atoms with van der Waals surface area (Å²) in [6, 6.07) is 18.1. The molecule has 0 saturated carbocycles. The molecule has 10 heteroatoms. The Morgan fingerprint density at radius 2 is 1.81 bits per heavy atom. The fourth-order valence-electron chi connectivity index (χ4n) is 3.82. The van der Waals surface area contributed by atoms with E-state index in [1.54, 1.807) is 24.3 Å². The van der Waals surface area contributed by atoms with Gasteiger partial charge in [-0.3, -0.25) is 10.2 Å². The molecule has 3 N–H and O–H groups in total. The van der Waals surface area contributed by atoms with Crippen LogP contribution < -0.4 is 15.6 Å². The van der Waals surface area contributed by atoms with Crippen molar-refractivity contribution in [2.24, 2.45) is 4.99 Å². The molecule has 3 aromatic carbocycles. The summed E-state index contributed by atoms with van der Waals surface area (Å²) in [6.45, 7) is 0.172. The zero-order valence-corrected chi connectivity index (χ0v) is 21.4. The molecule has 3 aromatic rings. The molecular formula is C27H26BrF2N3O4. The number of rotatable bonds is 11. The highest BCUT2D eigenvalue weighted by atomic mass is 79.9. The van der Waals surface area contributed by atoms with Crippen molar-refractivity contribution in [1.82, 2.24) is 10.9 Å². The second-order valence-electron chi connectivity index (χ2n) is 8.46. The Bertz CT molecular complexity index is 1250. The topological polar surface area (TPSA) is 92.2 Å². The molecule has 0 saturated heterocycles. The molecule has 1 aliphatic heterocycles. The van der Waals surface area contributed by atoms with Crippen LogP contribution in [0.2, 0.25) is 0 Å². The number of hydrogen-bond donors (Lipinski definition) is 3. The zero-order chi connectivity index (χ0) is 26.3. The van der Waals surface area contributed by atoms with E-state index < -0.39 is 23.1 Å². The van der Waals surface area contributed by atoms with Gasteiger partial charge in [-0.2, -0.15) is 0 Å². The van der Waals surface area contributed by atoms with Gasteiger partial charge in [-0.15, -0.1) is 0 Å². The fraction of sp³-hybridized carbons (Fsp3) is 0.259. The standard InChI is InChI=1S/C27H26BrF2N3O4/c28-22-6-2-1-5-19(22)15-27(26(35)33-31-16-21-23(29)7-3-8-24(21)30)17-37-25(32-27)18-9-11-20(12-10-18)36-14-4-13-34/h1-3,5-12,31,34H,4,13-17H2,(H,33,35)/t27-/m0/s1. The summed E-state index contributed by atoms with van der Waals surface area (Å²) in [5.41, 5.74) is 5.18. The van der Waals surface area contributed by atoms with Gasteiger partial charge < -0.3 is 14.6 Å². The Balaban J connectivity index is 1.54. The van der Waals surface area contributed by atoms with Crippen molar-refractivity contribution in [2.75, 3.05) is 19.8 Å². The zero-order valence-electron chi connectivity index (χ0n) is 19.8. The lowest BCUT2D eigenvalue weighted by Gasteiger charge is -2.24. The third kappa shape index (κ3) is 6.51. The number of carbonyl (C=O) groups is 1. The van der Waals surface area contributed by atoms with Crippen molar-refractivity contribution in [1.29, 1.82) is 0 Å². The molecule has 1 atom stereocenters. The molecule has 0 spiro atoms. The van der Waals surface area contributed by atoms with E-state index in [2.05, 4.69) is 26.8 Å². The highest BCUT2D eigenvalue weighted by Crippen LogP contribution is 2.30. The first-order chi connectivity index (χ1) is 17.9. The maximum Gasteiger partial charge on any atom is 0.266 e. The Morgan fingerprint density at radius 3 is 2.51 bits per heavy atom. The third-order valence-electron chi connectivity index (χ3n) is 5.83. The second-order valence-corrected chi connectivity index (χ2v) is 9.32. The first-order valence-corrected chi connectivity index (χ1v) is 12.5.